The molecule has 4 rings (SSSR count). The maximum Gasteiger partial charge on any atom is 0.315 e. The number of aromatic amines is 1. The summed E-state index contributed by atoms with van der Waals surface area (Å²) in [6.07, 6.45) is 6.93. The lowest BCUT2D eigenvalue weighted by Gasteiger charge is -2.45. The maximum atomic E-state index is 12.4. The molecule has 1 saturated carbocycles. The molecule has 0 atom stereocenters. The van der Waals surface area contributed by atoms with Crippen molar-refractivity contribution in [2.45, 2.75) is 43.7 Å². The highest BCUT2D eigenvalue weighted by Gasteiger charge is 2.38. The number of halogens is 1. The molecular formula is C25H33ClN4O. The topological polar surface area (TPSA) is 60.2 Å². The number of aromatic nitrogens is 1. The van der Waals surface area contributed by atoms with Crippen molar-refractivity contribution in [3.8, 4) is 0 Å². The molecule has 0 radical (unpaired) electrons. The fourth-order valence-corrected chi connectivity index (χ4v) is 4.87. The SMILES string of the molecule is CN(C)C1(c2ccccc2)CCC(NC(=O)NCCc2c[nH]c3ccccc23)CC1.Cl. The molecule has 1 aliphatic carbocycles. The predicted molar refractivity (Wildman–Crippen MR) is 130 cm³/mol. The van der Waals surface area contributed by atoms with Gasteiger partial charge in [0.2, 0.25) is 0 Å². The van der Waals surface area contributed by atoms with Crippen molar-refractivity contribution < 1.29 is 4.79 Å². The molecule has 31 heavy (non-hydrogen) atoms. The molecule has 0 spiro atoms. The molecule has 1 aliphatic rings. The summed E-state index contributed by atoms with van der Waals surface area (Å²) in [5.74, 6) is 0. The summed E-state index contributed by atoms with van der Waals surface area (Å²) in [5, 5.41) is 7.45. The molecule has 0 aliphatic heterocycles. The van der Waals surface area contributed by atoms with Crippen LogP contribution in [0.1, 0.15) is 36.8 Å². The first-order valence-corrected chi connectivity index (χ1v) is 10.9. The van der Waals surface area contributed by atoms with Crippen LogP contribution in [0.3, 0.4) is 0 Å². The summed E-state index contributed by atoms with van der Waals surface area (Å²) in [7, 11) is 4.33. The van der Waals surface area contributed by atoms with Crippen LogP contribution in [0, 0.1) is 0 Å². The van der Waals surface area contributed by atoms with Crippen molar-refractivity contribution in [1.29, 1.82) is 0 Å². The summed E-state index contributed by atoms with van der Waals surface area (Å²) < 4.78 is 0. The molecule has 1 heterocycles. The van der Waals surface area contributed by atoms with Crippen molar-refractivity contribution >= 4 is 29.3 Å². The van der Waals surface area contributed by atoms with E-state index >= 15 is 0 Å². The van der Waals surface area contributed by atoms with Crippen molar-refractivity contribution in [1.82, 2.24) is 20.5 Å². The van der Waals surface area contributed by atoms with Crippen LogP contribution >= 0.6 is 12.4 Å². The Bertz CT molecular complexity index is 977. The molecule has 166 valence electrons. The van der Waals surface area contributed by atoms with E-state index < -0.39 is 0 Å². The zero-order valence-corrected chi connectivity index (χ0v) is 19.2. The first-order chi connectivity index (χ1) is 14.6. The van der Waals surface area contributed by atoms with E-state index in [1.54, 1.807) is 0 Å². The van der Waals surface area contributed by atoms with Gasteiger partial charge in [0.15, 0.2) is 0 Å². The van der Waals surface area contributed by atoms with Gasteiger partial charge in [-0.25, -0.2) is 4.79 Å². The molecule has 5 nitrogen and oxygen atoms in total. The third-order valence-electron chi connectivity index (χ3n) is 6.67. The second-order valence-electron chi connectivity index (χ2n) is 8.58. The minimum absolute atomic E-state index is 0. The molecule has 0 saturated heterocycles. The van der Waals surface area contributed by atoms with E-state index in [0.29, 0.717) is 6.54 Å². The number of rotatable bonds is 6. The highest BCUT2D eigenvalue weighted by molar-refractivity contribution is 5.85. The number of urea groups is 1. The van der Waals surface area contributed by atoms with Crippen LogP contribution in [0.4, 0.5) is 4.79 Å². The van der Waals surface area contributed by atoms with E-state index in [1.807, 2.05) is 18.3 Å². The van der Waals surface area contributed by atoms with Gasteiger partial charge in [0, 0.05) is 35.2 Å². The Hall–Kier alpha value is -2.50. The quantitative estimate of drug-likeness (QED) is 0.514. The first-order valence-electron chi connectivity index (χ1n) is 10.9. The number of nitrogens with zero attached hydrogens (tertiary/aromatic N) is 1. The monoisotopic (exact) mass is 440 g/mol. The normalized spacial score (nSPS) is 20.9. The molecule has 1 aromatic heterocycles. The molecule has 2 aromatic carbocycles. The fourth-order valence-electron chi connectivity index (χ4n) is 4.87. The standard InChI is InChI=1S/C25H32N4O.ClH/c1-29(2)25(20-8-4-3-5-9-20)15-12-21(13-16-25)28-24(30)26-17-14-19-18-27-23-11-7-6-10-22(19)23;/h3-11,18,21,27H,12-17H2,1-2H3,(H2,26,28,30);1H. The largest absolute Gasteiger partial charge is 0.361 e. The van der Waals surface area contributed by atoms with E-state index in [9.17, 15) is 4.79 Å². The molecular weight excluding hydrogens is 408 g/mol. The summed E-state index contributed by atoms with van der Waals surface area (Å²) >= 11 is 0. The van der Waals surface area contributed by atoms with Crippen LogP contribution in [0.25, 0.3) is 10.9 Å². The molecule has 0 bridgehead atoms. The van der Waals surface area contributed by atoms with Crippen LogP contribution in [0.15, 0.2) is 60.8 Å². The Balaban J connectivity index is 0.00000272. The number of H-pyrrole nitrogens is 1. The molecule has 3 aromatic rings. The van der Waals surface area contributed by atoms with Gasteiger partial charge in [-0.2, -0.15) is 0 Å². The number of nitrogens with one attached hydrogen (secondary N) is 3. The average molecular weight is 441 g/mol. The Morgan fingerprint density at radius 3 is 2.45 bits per heavy atom. The summed E-state index contributed by atoms with van der Waals surface area (Å²) in [6.45, 7) is 0.631. The third kappa shape index (κ3) is 5.05. The van der Waals surface area contributed by atoms with Crippen molar-refractivity contribution in [2.24, 2.45) is 0 Å². The summed E-state index contributed by atoms with van der Waals surface area (Å²) in [4.78, 5) is 18.1. The number of amides is 2. The van der Waals surface area contributed by atoms with Crippen LogP contribution in [-0.2, 0) is 12.0 Å². The lowest BCUT2D eigenvalue weighted by atomic mass is 9.74. The van der Waals surface area contributed by atoms with Crippen molar-refractivity contribution in [2.75, 3.05) is 20.6 Å². The Morgan fingerprint density at radius 1 is 1.06 bits per heavy atom. The van der Waals surface area contributed by atoms with Crippen LogP contribution < -0.4 is 10.6 Å². The number of carbonyl (C=O) groups is 1. The lowest BCUT2D eigenvalue weighted by molar-refractivity contribution is 0.0870. The number of hydrogen-bond acceptors (Lipinski definition) is 2. The van der Waals surface area contributed by atoms with Crippen molar-refractivity contribution in [3.63, 3.8) is 0 Å². The Morgan fingerprint density at radius 2 is 1.74 bits per heavy atom. The molecule has 1 fully saturated rings. The van der Waals surface area contributed by atoms with Crippen LogP contribution in [0.5, 0.6) is 0 Å². The number of benzene rings is 2. The van der Waals surface area contributed by atoms with Gasteiger partial charge >= 0.3 is 6.03 Å². The fraction of sp³-hybridized carbons (Fsp3) is 0.400. The van der Waals surface area contributed by atoms with Gasteiger partial charge in [-0.1, -0.05) is 48.5 Å². The number of hydrogen-bond donors (Lipinski definition) is 3. The number of carbonyl (C=O) groups excluding carboxylic acids is 1. The average Bonchev–Trinajstić information content (AvgIpc) is 3.18. The minimum Gasteiger partial charge on any atom is -0.361 e. The summed E-state index contributed by atoms with van der Waals surface area (Å²) in [6, 6.07) is 19.2. The van der Waals surface area contributed by atoms with Crippen LogP contribution in [-0.4, -0.2) is 42.6 Å². The molecule has 2 amide bonds. The third-order valence-corrected chi connectivity index (χ3v) is 6.67. The first kappa shape index (κ1) is 23.2. The maximum absolute atomic E-state index is 12.4. The van der Waals surface area contributed by atoms with E-state index in [4.69, 9.17) is 0 Å². The minimum atomic E-state index is -0.0584. The highest BCUT2D eigenvalue weighted by Crippen LogP contribution is 2.40. The van der Waals surface area contributed by atoms with Gasteiger partial charge in [0.05, 0.1) is 0 Å². The predicted octanol–water partition coefficient (Wildman–Crippen LogP) is 4.83. The number of fused-ring (bicyclic) bond motifs is 1. The van der Waals surface area contributed by atoms with Gasteiger partial charge in [-0.15, -0.1) is 12.4 Å². The molecule has 3 N–H and O–H groups in total. The van der Waals surface area contributed by atoms with E-state index in [-0.39, 0.29) is 30.0 Å². The van der Waals surface area contributed by atoms with E-state index in [1.165, 1.54) is 16.5 Å². The smallest absolute Gasteiger partial charge is 0.315 e. The Labute approximate surface area is 191 Å². The molecule has 0 unspecified atom stereocenters. The Kier molecular flexibility index (Phi) is 7.63. The molecule has 6 heteroatoms. The van der Waals surface area contributed by atoms with Gasteiger partial charge in [0.25, 0.3) is 0 Å². The van der Waals surface area contributed by atoms with Crippen molar-refractivity contribution in [3.05, 3.63) is 71.9 Å². The van der Waals surface area contributed by atoms with E-state index in [0.717, 1.165) is 37.6 Å². The second kappa shape index (κ2) is 10.2. The van der Waals surface area contributed by atoms with Gasteiger partial charge in [0.1, 0.15) is 0 Å². The second-order valence-corrected chi connectivity index (χ2v) is 8.58. The summed E-state index contributed by atoms with van der Waals surface area (Å²) in [5.41, 5.74) is 3.81. The van der Waals surface area contributed by atoms with E-state index in [2.05, 4.69) is 77.1 Å². The highest BCUT2D eigenvalue weighted by atomic mass is 35.5. The zero-order chi connectivity index (χ0) is 21.0. The van der Waals surface area contributed by atoms with Gasteiger partial charge in [-0.05, 0) is 63.4 Å². The number of para-hydroxylation sites is 1. The van der Waals surface area contributed by atoms with Gasteiger partial charge < -0.3 is 15.6 Å². The zero-order valence-electron chi connectivity index (χ0n) is 18.4. The van der Waals surface area contributed by atoms with Gasteiger partial charge in [-0.3, -0.25) is 4.90 Å². The van der Waals surface area contributed by atoms with Crippen LogP contribution in [0.2, 0.25) is 0 Å². The lowest BCUT2D eigenvalue weighted by Crippen LogP contribution is -2.50.